The number of piperazine rings is 1. The Balaban J connectivity index is 2.41. The first-order valence-electron chi connectivity index (χ1n) is 5.89. The number of nitrogens with two attached hydrogens (primary N) is 1. The molecule has 0 saturated carbocycles. The zero-order valence-corrected chi connectivity index (χ0v) is 11.6. The molecular weight excluding hydrogens is 258 g/mol. The van der Waals surface area contributed by atoms with Crippen LogP contribution in [-0.4, -0.2) is 63.4 Å². The van der Waals surface area contributed by atoms with E-state index in [1.807, 2.05) is 6.92 Å². The zero-order valence-electron chi connectivity index (χ0n) is 10.8. The van der Waals surface area contributed by atoms with Gasteiger partial charge in [-0.15, -0.1) is 0 Å². The van der Waals surface area contributed by atoms with Crippen molar-refractivity contribution in [1.29, 1.82) is 0 Å². The lowest BCUT2D eigenvalue weighted by Crippen LogP contribution is -2.52. The van der Waals surface area contributed by atoms with Crippen LogP contribution in [0.15, 0.2) is 0 Å². The fraction of sp³-hybridized carbons (Fsp3) is 0.900. The third-order valence-corrected chi connectivity index (χ3v) is 4.01. The zero-order chi connectivity index (χ0) is 13.8. The molecular formula is C10H21N3O4S. The highest BCUT2D eigenvalue weighted by Gasteiger charge is 2.26. The summed E-state index contributed by atoms with van der Waals surface area (Å²) in [6.45, 7) is 3.82. The Morgan fingerprint density at radius 2 is 1.89 bits per heavy atom. The van der Waals surface area contributed by atoms with E-state index >= 15 is 0 Å². The van der Waals surface area contributed by atoms with Crippen molar-refractivity contribution in [1.82, 2.24) is 9.21 Å². The summed E-state index contributed by atoms with van der Waals surface area (Å²) in [5, 5.41) is 5.03. The Morgan fingerprint density at radius 1 is 1.33 bits per heavy atom. The predicted octanol–water partition coefficient (Wildman–Crippen LogP) is -0.993. The van der Waals surface area contributed by atoms with Crippen molar-refractivity contribution in [2.24, 2.45) is 11.1 Å². The Morgan fingerprint density at radius 3 is 2.33 bits per heavy atom. The Kier molecular flexibility index (Phi) is 5.51. The molecule has 1 amide bonds. The standard InChI is InChI=1S/C10H21N3O4S/c1-9(8-17-2)7-10(14)12-3-5-13(6-4-12)18(11,15)16/h9H,3-8H2,1-2H3,(H2,11,15,16). The van der Waals surface area contributed by atoms with E-state index in [-0.39, 0.29) is 24.9 Å². The van der Waals surface area contributed by atoms with Crippen LogP contribution in [-0.2, 0) is 19.7 Å². The van der Waals surface area contributed by atoms with Gasteiger partial charge < -0.3 is 9.64 Å². The van der Waals surface area contributed by atoms with E-state index in [2.05, 4.69) is 0 Å². The van der Waals surface area contributed by atoms with Gasteiger partial charge in [0.05, 0.1) is 0 Å². The van der Waals surface area contributed by atoms with Gasteiger partial charge in [-0.1, -0.05) is 6.92 Å². The van der Waals surface area contributed by atoms with Gasteiger partial charge in [-0.2, -0.15) is 12.7 Å². The summed E-state index contributed by atoms with van der Waals surface area (Å²) in [4.78, 5) is 13.6. The van der Waals surface area contributed by atoms with Crippen molar-refractivity contribution in [3.8, 4) is 0 Å². The normalized spacial score (nSPS) is 19.8. The number of rotatable bonds is 5. The first-order valence-corrected chi connectivity index (χ1v) is 7.39. The van der Waals surface area contributed by atoms with Crippen molar-refractivity contribution in [3.05, 3.63) is 0 Å². The number of carbonyl (C=O) groups is 1. The van der Waals surface area contributed by atoms with Crippen LogP contribution in [0.5, 0.6) is 0 Å². The van der Waals surface area contributed by atoms with Crippen molar-refractivity contribution in [2.75, 3.05) is 39.9 Å². The second kappa shape index (κ2) is 6.46. The highest BCUT2D eigenvalue weighted by molar-refractivity contribution is 7.86. The maximum absolute atomic E-state index is 11.9. The van der Waals surface area contributed by atoms with Crippen molar-refractivity contribution in [2.45, 2.75) is 13.3 Å². The fourth-order valence-corrected chi connectivity index (χ4v) is 2.63. The minimum Gasteiger partial charge on any atom is -0.384 e. The summed E-state index contributed by atoms with van der Waals surface area (Å²) >= 11 is 0. The van der Waals surface area contributed by atoms with Crippen molar-refractivity contribution < 1.29 is 17.9 Å². The lowest BCUT2D eigenvalue weighted by molar-refractivity contribution is -0.133. The summed E-state index contributed by atoms with van der Waals surface area (Å²) in [6.07, 6.45) is 0.420. The highest BCUT2D eigenvalue weighted by Crippen LogP contribution is 2.10. The van der Waals surface area contributed by atoms with Gasteiger partial charge in [0.1, 0.15) is 0 Å². The van der Waals surface area contributed by atoms with Gasteiger partial charge in [0.15, 0.2) is 0 Å². The summed E-state index contributed by atoms with van der Waals surface area (Å²) < 4.78 is 28.4. The predicted molar refractivity (Wildman–Crippen MR) is 66.9 cm³/mol. The molecule has 1 fully saturated rings. The molecule has 0 bridgehead atoms. The lowest BCUT2D eigenvalue weighted by atomic mass is 10.1. The average molecular weight is 279 g/mol. The van der Waals surface area contributed by atoms with Crippen LogP contribution in [0.25, 0.3) is 0 Å². The molecule has 0 spiro atoms. The number of nitrogens with zero attached hydrogens (tertiary/aromatic N) is 2. The Bertz CT molecular complexity index is 377. The second-order valence-corrected chi connectivity index (χ2v) is 6.14. The summed E-state index contributed by atoms with van der Waals surface area (Å²) in [5.74, 6) is 0.201. The molecule has 8 heteroatoms. The van der Waals surface area contributed by atoms with Crippen LogP contribution < -0.4 is 5.14 Å². The van der Waals surface area contributed by atoms with Crippen LogP contribution >= 0.6 is 0 Å². The number of hydrogen-bond acceptors (Lipinski definition) is 4. The number of ether oxygens (including phenoxy) is 1. The largest absolute Gasteiger partial charge is 0.384 e. The number of amides is 1. The molecule has 18 heavy (non-hydrogen) atoms. The monoisotopic (exact) mass is 279 g/mol. The van der Waals surface area contributed by atoms with Gasteiger partial charge in [-0.05, 0) is 5.92 Å². The first kappa shape index (κ1) is 15.4. The minimum absolute atomic E-state index is 0.0358. The molecule has 1 atom stereocenters. The molecule has 0 aromatic carbocycles. The number of hydrogen-bond donors (Lipinski definition) is 1. The topological polar surface area (TPSA) is 92.9 Å². The van der Waals surface area contributed by atoms with E-state index < -0.39 is 10.2 Å². The molecule has 0 aromatic heterocycles. The Labute approximate surface area is 108 Å². The van der Waals surface area contributed by atoms with E-state index in [4.69, 9.17) is 9.88 Å². The average Bonchev–Trinajstić information content (AvgIpc) is 2.28. The van der Waals surface area contributed by atoms with Crippen molar-refractivity contribution >= 4 is 16.1 Å². The number of methoxy groups -OCH3 is 1. The number of carbonyl (C=O) groups excluding carboxylic acids is 1. The van der Waals surface area contributed by atoms with Crippen LogP contribution in [0.1, 0.15) is 13.3 Å². The molecule has 7 nitrogen and oxygen atoms in total. The summed E-state index contributed by atoms with van der Waals surface area (Å²) in [6, 6.07) is 0. The smallest absolute Gasteiger partial charge is 0.277 e. The molecule has 1 saturated heterocycles. The molecule has 1 rings (SSSR count). The van der Waals surface area contributed by atoms with E-state index in [0.29, 0.717) is 26.1 Å². The summed E-state index contributed by atoms with van der Waals surface area (Å²) in [7, 11) is -2.03. The van der Waals surface area contributed by atoms with Crippen LogP contribution in [0.3, 0.4) is 0 Å². The molecule has 1 heterocycles. The van der Waals surface area contributed by atoms with E-state index in [1.54, 1.807) is 12.0 Å². The molecule has 1 aliphatic rings. The van der Waals surface area contributed by atoms with Crippen molar-refractivity contribution in [3.63, 3.8) is 0 Å². The van der Waals surface area contributed by atoms with Crippen LogP contribution in [0.2, 0.25) is 0 Å². The molecule has 1 aliphatic heterocycles. The van der Waals surface area contributed by atoms with Gasteiger partial charge in [-0.25, -0.2) is 5.14 Å². The van der Waals surface area contributed by atoms with E-state index in [0.717, 1.165) is 0 Å². The molecule has 2 N–H and O–H groups in total. The molecule has 106 valence electrons. The molecule has 0 aromatic rings. The molecule has 0 radical (unpaired) electrons. The van der Waals surface area contributed by atoms with E-state index in [1.165, 1.54) is 4.31 Å². The SMILES string of the molecule is COCC(C)CC(=O)N1CCN(S(N)(=O)=O)CC1. The van der Waals surface area contributed by atoms with Gasteiger partial charge >= 0.3 is 0 Å². The third kappa shape index (κ3) is 4.52. The van der Waals surface area contributed by atoms with Crippen LogP contribution in [0.4, 0.5) is 0 Å². The Hall–Kier alpha value is -0.700. The summed E-state index contributed by atoms with van der Waals surface area (Å²) in [5.41, 5.74) is 0. The molecule has 1 unspecified atom stereocenters. The minimum atomic E-state index is -3.63. The quantitative estimate of drug-likeness (QED) is 0.699. The maximum atomic E-state index is 11.9. The lowest BCUT2D eigenvalue weighted by Gasteiger charge is -2.33. The van der Waals surface area contributed by atoms with Crippen LogP contribution in [0, 0.1) is 5.92 Å². The van der Waals surface area contributed by atoms with Gasteiger partial charge in [-0.3, -0.25) is 4.79 Å². The van der Waals surface area contributed by atoms with Gasteiger partial charge in [0.25, 0.3) is 10.2 Å². The van der Waals surface area contributed by atoms with Gasteiger partial charge in [0.2, 0.25) is 5.91 Å². The molecule has 0 aliphatic carbocycles. The fourth-order valence-electron chi connectivity index (χ4n) is 1.96. The first-order chi connectivity index (χ1) is 8.34. The van der Waals surface area contributed by atoms with Gasteiger partial charge in [0, 0.05) is 46.3 Å². The maximum Gasteiger partial charge on any atom is 0.277 e. The highest BCUT2D eigenvalue weighted by atomic mass is 32.2. The third-order valence-electron chi connectivity index (χ3n) is 2.93. The second-order valence-electron chi connectivity index (χ2n) is 4.59. The van der Waals surface area contributed by atoms with E-state index in [9.17, 15) is 13.2 Å².